The lowest BCUT2D eigenvalue weighted by atomic mass is 10.1. The summed E-state index contributed by atoms with van der Waals surface area (Å²) in [6.07, 6.45) is 3.72. The zero-order chi connectivity index (χ0) is 21.8. The van der Waals surface area contributed by atoms with E-state index in [-0.39, 0.29) is 17.8 Å². The highest BCUT2D eigenvalue weighted by molar-refractivity contribution is 8.00. The highest BCUT2D eigenvalue weighted by Gasteiger charge is 2.31. The van der Waals surface area contributed by atoms with Gasteiger partial charge in [-0.2, -0.15) is 0 Å². The molecule has 1 saturated carbocycles. The standard InChI is InChI=1S/C23H23FN4O2S/c1-3-14-28-21(18-6-4-5-7-19(18)30-2)26-27-23(28)31-20(22(29)25-17-12-13-17)15-8-10-16(24)11-9-15/h3-11,17,20H,1,12-14H2,2H3,(H,25,29). The van der Waals surface area contributed by atoms with Crippen molar-refractivity contribution in [1.29, 1.82) is 0 Å². The number of carbonyl (C=O) groups excluding carboxylic acids is 1. The number of nitrogens with zero attached hydrogens (tertiary/aromatic N) is 3. The number of rotatable bonds is 9. The number of methoxy groups -OCH3 is 1. The number of halogens is 1. The smallest absolute Gasteiger partial charge is 0.238 e. The molecule has 3 aromatic rings. The number of hydrogen-bond acceptors (Lipinski definition) is 5. The molecule has 0 bridgehead atoms. The van der Waals surface area contributed by atoms with E-state index in [1.165, 1.54) is 23.9 Å². The van der Waals surface area contributed by atoms with E-state index in [0.717, 1.165) is 18.4 Å². The third-order valence-corrected chi connectivity index (χ3v) is 6.17. The molecule has 1 aliphatic carbocycles. The van der Waals surface area contributed by atoms with Crippen LogP contribution < -0.4 is 10.1 Å². The van der Waals surface area contributed by atoms with Crippen molar-refractivity contribution in [1.82, 2.24) is 20.1 Å². The minimum atomic E-state index is -0.584. The van der Waals surface area contributed by atoms with Gasteiger partial charge in [0, 0.05) is 12.6 Å². The zero-order valence-electron chi connectivity index (χ0n) is 17.1. The lowest BCUT2D eigenvalue weighted by molar-refractivity contribution is -0.120. The largest absolute Gasteiger partial charge is 0.496 e. The van der Waals surface area contributed by atoms with Crippen LogP contribution in [0, 0.1) is 5.82 Å². The Kier molecular flexibility index (Phi) is 6.36. The number of carbonyl (C=O) groups is 1. The Morgan fingerprint density at radius 1 is 1.29 bits per heavy atom. The first-order chi connectivity index (χ1) is 15.1. The first kappa shape index (κ1) is 21.1. The average molecular weight is 439 g/mol. The van der Waals surface area contributed by atoms with Crippen molar-refractivity contribution < 1.29 is 13.9 Å². The second-order valence-corrected chi connectivity index (χ2v) is 8.31. The normalized spacial score (nSPS) is 14.1. The van der Waals surface area contributed by atoms with E-state index >= 15 is 0 Å². The molecular formula is C23H23FN4O2S. The van der Waals surface area contributed by atoms with Crippen LogP contribution in [0.1, 0.15) is 23.7 Å². The predicted molar refractivity (Wildman–Crippen MR) is 118 cm³/mol. The van der Waals surface area contributed by atoms with Crippen molar-refractivity contribution >= 4 is 17.7 Å². The number of amides is 1. The summed E-state index contributed by atoms with van der Waals surface area (Å²) in [5, 5.41) is 11.8. The van der Waals surface area contributed by atoms with Gasteiger partial charge in [-0.05, 0) is 42.7 Å². The van der Waals surface area contributed by atoms with Gasteiger partial charge >= 0.3 is 0 Å². The maximum Gasteiger partial charge on any atom is 0.238 e. The molecule has 6 nitrogen and oxygen atoms in total. The van der Waals surface area contributed by atoms with Gasteiger partial charge in [-0.1, -0.05) is 42.1 Å². The van der Waals surface area contributed by atoms with Gasteiger partial charge in [-0.3, -0.25) is 9.36 Å². The molecule has 2 aromatic carbocycles. The maximum atomic E-state index is 13.5. The minimum Gasteiger partial charge on any atom is -0.496 e. The highest BCUT2D eigenvalue weighted by atomic mass is 32.2. The van der Waals surface area contributed by atoms with Crippen LogP contribution >= 0.6 is 11.8 Å². The molecule has 31 heavy (non-hydrogen) atoms. The molecule has 0 saturated heterocycles. The summed E-state index contributed by atoms with van der Waals surface area (Å²) in [7, 11) is 1.61. The zero-order valence-corrected chi connectivity index (χ0v) is 17.9. The number of hydrogen-bond donors (Lipinski definition) is 1. The Hall–Kier alpha value is -3.13. The fraction of sp³-hybridized carbons (Fsp3) is 0.261. The van der Waals surface area contributed by atoms with Crippen molar-refractivity contribution in [3.05, 3.63) is 72.6 Å². The predicted octanol–water partition coefficient (Wildman–Crippen LogP) is 4.39. The quantitative estimate of drug-likeness (QED) is 0.396. The van der Waals surface area contributed by atoms with Crippen LogP contribution in [0.5, 0.6) is 5.75 Å². The van der Waals surface area contributed by atoms with Crippen LogP contribution in [0.3, 0.4) is 0 Å². The second-order valence-electron chi connectivity index (χ2n) is 7.24. The molecule has 4 rings (SSSR count). The van der Waals surface area contributed by atoms with E-state index in [0.29, 0.717) is 28.8 Å². The van der Waals surface area contributed by atoms with Gasteiger partial charge in [0.2, 0.25) is 5.91 Å². The molecule has 0 radical (unpaired) electrons. The van der Waals surface area contributed by atoms with Crippen molar-refractivity contribution in [2.75, 3.05) is 7.11 Å². The summed E-state index contributed by atoms with van der Waals surface area (Å²) < 4.78 is 20.8. The first-order valence-electron chi connectivity index (χ1n) is 10.0. The molecule has 0 aliphatic heterocycles. The number of thioether (sulfide) groups is 1. The molecule has 1 fully saturated rings. The van der Waals surface area contributed by atoms with Crippen LogP contribution in [0.2, 0.25) is 0 Å². The summed E-state index contributed by atoms with van der Waals surface area (Å²) in [5.41, 5.74) is 1.50. The molecule has 160 valence electrons. The van der Waals surface area contributed by atoms with Crippen molar-refractivity contribution in [3.63, 3.8) is 0 Å². The summed E-state index contributed by atoms with van der Waals surface area (Å²) in [4.78, 5) is 13.0. The van der Waals surface area contributed by atoms with Gasteiger partial charge in [-0.25, -0.2) is 4.39 Å². The third-order valence-electron chi connectivity index (χ3n) is 4.93. The van der Waals surface area contributed by atoms with Gasteiger partial charge in [-0.15, -0.1) is 16.8 Å². The lowest BCUT2D eigenvalue weighted by Gasteiger charge is -2.17. The summed E-state index contributed by atoms with van der Waals surface area (Å²) >= 11 is 1.29. The minimum absolute atomic E-state index is 0.119. The summed E-state index contributed by atoms with van der Waals surface area (Å²) in [6.45, 7) is 4.31. The second kappa shape index (κ2) is 9.34. The number of ether oxygens (including phenoxy) is 1. The molecule has 1 N–H and O–H groups in total. The molecule has 1 aliphatic rings. The van der Waals surface area contributed by atoms with Crippen molar-refractivity contribution in [2.45, 2.75) is 35.8 Å². The Bertz CT molecular complexity index is 1080. The molecular weight excluding hydrogens is 415 g/mol. The third kappa shape index (κ3) is 4.80. The topological polar surface area (TPSA) is 69.0 Å². The van der Waals surface area contributed by atoms with E-state index in [9.17, 15) is 9.18 Å². The van der Waals surface area contributed by atoms with Crippen LogP contribution in [-0.4, -0.2) is 33.8 Å². The van der Waals surface area contributed by atoms with Crippen molar-refractivity contribution in [2.24, 2.45) is 0 Å². The molecule has 1 heterocycles. The van der Waals surface area contributed by atoms with Gasteiger partial charge in [0.25, 0.3) is 0 Å². The van der Waals surface area contributed by atoms with Crippen molar-refractivity contribution in [3.8, 4) is 17.1 Å². The Labute approximate surface area is 184 Å². The fourth-order valence-corrected chi connectivity index (χ4v) is 4.27. The van der Waals surface area contributed by atoms with E-state index in [1.54, 1.807) is 25.3 Å². The molecule has 1 amide bonds. The Morgan fingerprint density at radius 3 is 2.71 bits per heavy atom. The van der Waals surface area contributed by atoms with E-state index in [2.05, 4.69) is 22.1 Å². The van der Waals surface area contributed by atoms with Gasteiger partial charge in [0.15, 0.2) is 11.0 Å². The summed E-state index contributed by atoms with van der Waals surface area (Å²) in [5.74, 6) is 0.841. The summed E-state index contributed by atoms with van der Waals surface area (Å²) in [6, 6.07) is 13.8. The lowest BCUT2D eigenvalue weighted by Crippen LogP contribution is -2.30. The first-order valence-corrected chi connectivity index (χ1v) is 10.9. The molecule has 8 heteroatoms. The van der Waals surface area contributed by atoms with Gasteiger partial charge in [0.1, 0.15) is 16.8 Å². The molecule has 1 unspecified atom stereocenters. The Morgan fingerprint density at radius 2 is 2.03 bits per heavy atom. The van der Waals surface area contributed by atoms with Crippen LogP contribution in [0.4, 0.5) is 4.39 Å². The molecule has 1 aromatic heterocycles. The van der Waals surface area contributed by atoms with E-state index in [1.807, 2.05) is 28.8 Å². The number of aromatic nitrogens is 3. The molecule has 1 atom stereocenters. The monoisotopic (exact) mass is 438 g/mol. The number of nitrogens with one attached hydrogen (secondary N) is 1. The van der Waals surface area contributed by atoms with E-state index < -0.39 is 5.25 Å². The maximum absolute atomic E-state index is 13.5. The van der Waals surface area contributed by atoms with E-state index in [4.69, 9.17) is 4.74 Å². The average Bonchev–Trinajstić information content (AvgIpc) is 3.52. The SMILES string of the molecule is C=CCn1c(SC(C(=O)NC2CC2)c2ccc(F)cc2)nnc1-c1ccccc1OC. The van der Waals surface area contributed by atoms with Crippen LogP contribution in [0.25, 0.3) is 11.4 Å². The Balaban J connectivity index is 1.70. The van der Waals surface area contributed by atoms with Crippen LogP contribution in [0.15, 0.2) is 66.3 Å². The fourth-order valence-electron chi connectivity index (χ4n) is 3.22. The number of allylic oxidation sites excluding steroid dienone is 1. The van der Waals surface area contributed by atoms with Gasteiger partial charge < -0.3 is 10.1 Å². The van der Waals surface area contributed by atoms with Crippen LogP contribution in [-0.2, 0) is 11.3 Å². The number of para-hydroxylation sites is 1. The van der Waals surface area contributed by atoms with Gasteiger partial charge in [0.05, 0.1) is 12.7 Å². The molecule has 0 spiro atoms. The highest BCUT2D eigenvalue weighted by Crippen LogP contribution is 2.38. The number of benzene rings is 2.